The Hall–Kier alpha value is -2.37. The fourth-order valence-electron chi connectivity index (χ4n) is 5.03. The van der Waals surface area contributed by atoms with Crippen molar-refractivity contribution in [2.45, 2.75) is 38.6 Å². The second-order valence-electron chi connectivity index (χ2n) is 9.04. The quantitative estimate of drug-likeness (QED) is 0.714. The van der Waals surface area contributed by atoms with Crippen LogP contribution in [0.5, 0.6) is 0 Å². The summed E-state index contributed by atoms with van der Waals surface area (Å²) < 4.78 is 2.03. The van der Waals surface area contributed by atoms with Crippen LogP contribution in [0.4, 0.5) is 5.69 Å². The Morgan fingerprint density at radius 2 is 1.67 bits per heavy atom. The number of aromatic nitrogens is 2. The van der Waals surface area contributed by atoms with E-state index in [0.717, 1.165) is 26.2 Å². The van der Waals surface area contributed by atoms with Gasteiger partial charge in [-0.2, -0.15) is 5.10 Å². The number of fused-ring (bicyclic) bond motifs is 1. The summed E-state index contributed by atoms with van der Waals surface area (Å²) in [4.78, 5) is 5.06. The molecule has 2 aliphatic heterocycles. The molecule has 1 aromatic carbocycles. The van der Waals surface area contributed by atoms with E-state index in [-0.39, 0.29) is 0 Å². The molecule has 0 atom stereocenters. The number of piperidine rings is 1. The first-order chi connectivity index (χ1) is 14.7. The summed E-state index contributed by atoms with van der Waals surface area (Å²) in [5, 5.41) is 8.00. The zero-order valence-electron chi connectivity index (χ0n) is 18.2. The summed E-state index contributed by atoms with van der Waals surface area (Å²) in [6.07, 6.45) is 6.62. The number of rotatable bonds is 4. The van der Waals surface area contributed by atoms with Crippen LogP contribution in [0.2, 0.25) is 0 Å². The van der Waals surface area contributed by atoms with Gasteiger partial charge in [0.25, 0.3) is 0 Å². The minimum absolute atomic E-state index is 0.664. The predicted molar refractivity (Wildman–Crippen MR) is 124 cm³/mol. The summed E-state index contributed by atoms with van der Waals surface area (Å²) in [5.41, 5.74) is 6.48. The number of hydrogen-bond donors (Lipinski definition) is 1. The zero-order valence-corrected chi connectivity index (χ0v) is 18.2. The summed E-state index contributed by atoms with van der Waals surface area (Å²) in [6.45, 7) is 11.2. The highest BCUT2D eigenvalue weighted by atomic mass is 15.2. The summed E-state index contributed by atoms with van der Waals surface area (Å²) in [5.74, 6) is 0.697. The van der Waals surface area contributed by atoms with Crippen LogP contribution in [-0.4, -0.2) is 59.8 Å². The highest BCUT2D eigenvalue weighted by Crippen LogP contribution is 2.32. The summed E-state index contributed by atoms with van der Waals surface area (Å²) in [7, 11) is 0. The highest BCUT2D eigenvalue weighted by molar-refractivity contribution is 5.80. The van der Waals surface area contributed by atoms with Gasteiger partial charge in [0, 0.05) is 50.2 Å². The molecule has 5 heteroatoms. The molecule has 0 radical (unpaired) electrons. The zero-order chi connectivity index (χ0) is 20.5. The molecule has 0 aliphatic carbocycles. The van der Waals surface area contributed by atoms with Gasteiger partial charge in [-0.15, -0.1) is 0 Å². The molecular weight excluding hydrogens is 370 g/mol. The van der Waals surface area contributed by atoms with Crippen LogP contribution in [0, 0.1) is 0 Å². The van der Waals surface area contributed by atoms with E-state index in [0.29, 0.717) is 12.0 Å². The lowest BCUT2D eigenvalue weighted by atomic mass is 9.88. The van der Waals surface area contributed by atoms with E-state index < -0.39 is 0 Å². The second-order valence-corrected chi connectivity index (χ2v) is 9.04. The Kier molecular flexibility index (Phi) is 5.48. The maximum atomic E-state index is 4.56. The Morgan fingerprint density at radius 1 is 0.933 bits per heavy atom. The molecule has 4 heterocycles. The van der Waals surface area contributed by atoms with Crippen molar-refractivity contribution < 1.29 is 0 Å². The van der Waals surface area contributed by atoms with Crippen molar-refractivity contribution in [3.8, 4) is 11.1 Å². The van der Waals surface area contributed by atoms with Gasteiger partial charge in [-0.25, -0.2) is 4.52 Å². The summed E-state index contributed by atoms with van der Waals surface area (Å²) in [6, 6.07) is 14.4. The molecule has 2 saturated heterocycles. The third-order valence-corrected chi connectivity index (χ3v) is 6.92. The van der Waals surface area contributed by atoms with Crippen LogP contribution in [0.3, 0.4) is 0 Å². The van der Waals surface area contributed by atoms with Gasteiger partial charge in [0.1, 0.15) is 0 Å². The van der Waals surface area contributed by atoms with Crippen LogP contribution in [0.25, 0.3) is 16.6 Å². The van der Waals surface area contributed by atoms with Crippen LogP contribution in [0.15, 0.2) is 48.8 Å². The van der Waals surface area contributed by atoms with Crippen LogP contribution in [-0.2, 0) is 0 Å². The van der Waals surface area contributed by atoms with Gasteiger partial charge in [-0.05, 0) is 69.0 Å². The monoisotopic (exact) mass is 403 g/mol. The van der Waals surface area contributed by atoms with Crippen molar-refractivity contribution in [2.75, 3.05) is 44.2 Å². The van der Waals surface area contributed by atoms with Crippen molar-refractivity contribution >= 4 is 11.2 Å². The normalized spacial score (nSPS) is 19.1. The average molecular weight is 404 g/mol. The number of piperazine rings is 1. The number of hydrogen-bond acceptors (Lipinski definition) is 4. The SMILES string of the molecule is CC(C)N1CCC(c2ccc(-c3cc4c(N5CCNCC5)ccnn4c3)cc2)CC1. The molecular formula is C25H33N5. The smallest absolute Gasteiger partial charge is 0.0886 e. The molecule has 30 heavy (non-hydrogen) atoms. The molecule has 158 valence electrons. The number of anilines is 1. The number of nitrogens with zero attached hydrogens (tertiary/aromatic N) is 4. The molecule has 0 saturated carbocycles. The van der Waals surface area contributed by atoms with Gasteiger partial charge in [0.2, 0.25) is 0 Å². The van der Waals surface area contributed by atoms with Crippen molar-refractivity contribution in [2.24, 2.45) is 0 Å². The van der Waals surface area contributed by atoms with Crippen molar-refractivity contribution in [1.29, 1.82) is 0 Å². The Labute approximate surface area is 179 Å². The van der Waals surface area contributed by atoms with Gasteiger partial charge in [0.05, 0.1) is 11.2 Å². The topological polar surface area (TPSA) is 35.8 Å². The van der Waals surface area contributed by atoms with E-state index >= 15 is 0 Å². The maximum absolute atomic E-state index is 4.56. The molecule has 0 bridgehead atoms. The Balaban J connectivity index is 1.36. The predicted octanol–water partition coefficient (Wildman–Crippen LogP) is 4.00. The van der Waals surface area contributed by atoms with E-state index in [9.17, 15) is 0 Å². The lowest BCUT2D eigenvalue weighted by Crippen LogP contribution is -2.43. The maximum Gasteiger partial charge on any atom is 0.0886 e. The average Bonchev–Trinajstić information content (AvgIpc) is 3.24. The first-order valence-corrected chi connectivity index (χ1v) is 11.5. The van der Waals surface area contributed by atoms with Crippen molar-refractivity contribution in [3.63, 3.8) is 0 Å². The molecule has 0 amide bonds. The number of nitrogens with one attached hydrogen (secondary N) is 1. The van der Waals surface area contributed by atoms with Gasteiger partial charge in [0.15, 0.2) is 0 Å². The lowest BCUT2D eigenvalue weighted by molar-refractivity contribution is 0.172. The molecule has 2 aliphatic rings. The van der Waals surface area contributed by atoms with Gasteiger partial charge >= 0.3 is 0 Å². The summed E-state index contributed by atoms with van der Waals surface area (Å²) >= 11 is 0. The van der Waals surface area contributed by atoms with E-state index in [1.165, 1.54) is 53.8 Å². The fraction of sp³-hybridized carbons (Fsp3) is 0.480. The third kappa shape index (κ3) is 3.84. The standard InChI is InChI=1S/C25H33N5/c1-19(2)28-13-8-22(9-14-28)20-3-5-21(6-4-20)23-17-25-24(7-10-27-30(25)18-23)29-15-11-26-12-16-29/h3-7,10,17-19,22,26H,8-9,11-16H2,1-2H3. The molecule has 1 N–H and O–H groups in total. The van der Waals surface area contributed by atoms with Crippen LogP contribution in [0.1, 0.15) is 38.2 Å². The molecule has 5 nitrogen and oxygen atoms in total. The third-order valence-electron chi connectivity index (χ3n) is 6.92. The van der Waals surface area contributed by atoms with Crippen molar-refractivity contribution in [1.82, 2.24) is 19.8 Å². The minimum atomic E-state index is 0.664. The van der Waals surface area contributed by atoms with Gasteiger partial charge in [-0.1, -0.05) is 24.3 Å². The molecule has 3 aromatic rings. The Bertz CT molecular complexity index is 976. The Morgan fingerprint density at radius 3 is 2.37 bits per heavy atom. The fourth-order valence-corrected chi connectivity index (χ4v) is 5.03. The van der Waals surface area contributed by atoms with E-state index in [2.05, 4.69) is 76.7 Å². The van der Waals surface area contributed by atoms with Gasteiger partial charge in [-0.3, -0.25) is 0 Å². The molecule has 0 spiro atoms. The van der Waals surface area contributed by atoms with Crippen LogP contribution < -0.4 is 10.2 Å². The highest BCUT2D eigenvalue weighted by Gasteiger charge is 2.22. The number of benzene rings is 1. The molecule has 5 rings (SSSR count). The molecule has 2 aromatic heterocycles. The van der Waals surface area contributed by atoms with Crippen molar-refractivity contribution in [3.05, 3.63) is 54.4 Å². The van der Waals surface area contributed by atoms with E-state index in [1.54, 1.807) is 0 Å². The largest absolute Gasteiger partial charge is 0.367 e. The minimum Gasteiger partial charge on any atom is -0.367 e. The molecule has 2 fully saturated rings. The first-order valence-electron chi connectivity index (χ1n) is 11.5. The van der Waals surface area contributed by atoms with E-state index in [1.807, 2.05) is 10.7 Å². The van der Waals surface area contributed by atoms with E-state index in [4.69, 9.17) is 0 Å². The lowest BCUT2D eigenvalue weighted by Gasteiger charge is -2.34. The van der Waals surface area contributed by atoms with Crippen LogP contribution >= 0.6 is 0 Å². The first kappa shape index (κ1) is 19.6. The molecule has 0 unspecified atom stereocenters. The van der Waals surface area contributed by atoms with Gasteiger partial charge < -0.3 is 15.1 Å². The number of likely N-dealkylation sites (tertiary alicyclic amines) is 1. The second kappa shape index (κ2) is 8.40.